The lowest BCUT2D eigenvalue weighted by molar-refractivity contribution is 0.456. The average molecular weight is 241 g/mol. The van der Waals surface area contributed by atoms with Gasteiger partial charge >= 0.3 is 0 Å². The van der Waals surface area contributed by atoms with Crippen LogP contribution in [0, 0.1) is 37.5 Å². The Morgan fingerprint density at radius 2 is 1.67 bits per heavy atom. The predicted molar refractivity (Wildman–Crippen MR) is 74.4 cm³/mol. The van der Waals surface area contributed by atoms with Gasteiger partial charge in [-0.3, -0.25) is 0 Å². The highest BCUT2D eigenvalue weighted by molar-refractivity contribution is 5.33. The molecule has 3 fully saturated rings. The van der Waals surface area contributed by atoms with Crippen LogP contribution >= 0.6 is 0 Å². The zero-order valence-electron chi connectivity index (χ0n) is 11.4. The van der Waals surface area contributed by atoms with Crippen molar-refractivity contribution in [3.63, 3.8) is 0 Å². The Bertz CT molecular complexity index is 442. The van der Waals surface area contributed by atoms with Gasteiger partial charge in [0.15, 0.2) is 0 Å². The predicted octanol–water partition coefficient (Wildman–Crippen LogP) is 3.44. The molecule has 1 nitrogen and oxygen atoms in total. The Hall–Kier alpha value is -0.820. The number of fused-ring (bicyclic) bond motifs is 5. The number of aryl methyl sites for hydroxylation is 2. The van der Waals surface area contributed by atoms with E-state index in [1.807, 2.05) is 0 Å². The minimum Gasteiger partial charge on any atom is -0.309 e. The quantitative estimate of drug-likeness (QED) is 0.855. The molecule has 4 atom stereocenters. The van der Waals surface area contributed by atoms with Gasteiger partial charge in [-0.2, -0.15) is 0 Å². The van der Waals surface area contributed by atoms with E-state index in [0.717, 1.165) is 36.3 Å². The number of nitrogens with one attached hydrogen (secondary N) is 1. The molecule has 0 aromatic heterocycles. The lowest BCUT2D eigenvalue weighted by Gasteiger charge is -2.13. The van der Waals surface area contributed by atoms with Crippen LogP contribution in [0.5, 0.6) is 0 Å². The van der Waals surface area contributed by atoms with Crippen LogP contribution in [0.1, 0.15) is 36.0 Å². The summed E-state index contributed by atoms with van der Waals surface area (Å²) >= 11 is 0. The fraction of sp³-hybridized carbons (Fsp3) is 0.647. The Morgan fingerprint density at radius 1 is 1.06 bits per heavy atom. The molecule has 1 aromatic rings. The molecule has 3 saturated carbocycles. The standard InChI is InChI=1S/C17H23N/c1-10-4-3-5-11(2)14(10)9-18-17-15-12-6-7-13(8-12)16(15)17/h3-5,12-13,15-18H,6-9H2,1-2H3. The molecule has 2 bridgehead atoms. The van der Waals surface area contributed by atoms with E-state index in [1.165, 1.54) is 29.5 Å². The SMILES string of the molecule is Cc1cccc(C)c1CNC1C2C3CCC(C3)C12. The van der Waals surface area contributed by atoms with Crippen molar-refractivity contribution in [2.24, 2.45) is 23.7 Å². The first-order valence-corrected chi connectivity index (χ1v) is 7.54. The average Bonchev–Trinajstić information content (AvgIpc) is 2.76. The third kappa shape index (κ3) is 1.50. The van der Waals surface area contributed by atoms with Crippen molar-refractivity contribution in [1.29, 1.82) is 0 Å². The number of benzene rings is 1. The third-order valence-corrected chi connectivity index (χ3v) is 5.89. The summed E-state index contributed by atoms with van der Waals surface area (Å²) in [5.74, 6) is 4.26. The topological polar surface area (TPSA) is 12.0 Å². The van der Waals surface area contributed by atoms with E-state index in [2.05, 4.69) is 37.4 Å². The molecule has 0 aliphatic heterocycles. The molecule has 1 N–H and O–H groups in total. The van der Waals surface area contributed by atoms with Crippen LogP contribution in [0.2, 0.25) is 0 Å². The summed E-state index contributed by atoms with van der Waals surface area (Å²) in [6.07, 6.45) is 4.59. The summed E-state index contributed by atoms with van der Waals surface area (Å²) in [7, 11) is 0. The molecular formula is C17H23N. The van der Waals surface area contributed by atoms with E-state index in [1.54, 1.807) is 6.42 Å². The summed E-state index contributed by atoms with van der Waals surface area (Å²) in [5, 5.41) is 3.86. The van der Waals surface area contributed by atoms with Crippen molar-refractivity contribution in [3.8, 4) is 0 Å². The van der Waals surface area contributed by atoms with Gasteiger partial charge in [-0.15, -0.1) is 0 Å². The van der Waals surface area contributed by atoms with Gasteiger partial charge in [-0.05, 0) is 73.5 Å². The van der Waals surface area contributed by atoms with Crippen LogP contribution in [-0.4, -0.2) is 6.04 Å². The van der Waals surface area contributed by atoms with Crippen LogP contribution in [0.3, 0.4) is 0 Å². The lowest BCUT2D eigenvalue weighted by Crippen LogP contribution is -2.23. The monoisotopic (exact) mass is 241 g/mol. The first kappa shape index (κ1) is 11.0. The van der Waals surface area contributed by atoms with Crippen LogP contribution < -0.4 is 5.32 Å². The minimum absolute atomic E-state index is 0.857. The van der Waals surface area contributed by atoms with E-state index in [4.69, 9.17) is 0 Å². The molecule has 3 aliphatic carbocycles. The van der Waals surface area contributed by atoms with Crippen LogP contribution in [0.4, 0.5) is 0 Å². The van der Waals surface area contributed by atoms with Gasteiger partial charge in [0.25, 0.3) is 0 Å². The van der Waals surface area contributed by atoms with Crippen molar-refractivity contribution in [3.05, 3.63) is 34.9 Å². The molecule has 4 unspecified atom stereocenters. The molecule has 1 heteroatoms. The van der Waals surface area contributed by atoms with E-state index >= 15 is 0 Å². The highest BCUT2D eigenvalue weighted by Gasteiger charge is 2.64. The fourth-order valence-electron chi connectivity index (χ4n) is 4.95. The molecule has 0 heterocycles. The molecule has 0 amide bonds. The molecule has 0 radical (unpaired) electrons. The van der Waals surface area contributed by atoms with Gasteiger partial charge in [0.2, 0.25) is 0 Å². The van der Waals surface area contributed by atoms with Gasteiger partial charge in [0.1, 0.15) is 0 Å². The normalized spacial score (nSPS) is 40.0. The second kappa shape index (κ2) is 3.84. The molecule has 96 valence electrons. The fourth-order valence-corrected chi connectivity index (χ4v) is 4.95. The molecule has 1 aromatic carbocycles. The molecule has 4 rings (SSSR count). The highest BCUT2D eigenvalue weighted by atomic mass is 15.0. The second-order valence-electron chi connectivity index (χ2n) is 6.76. The summed E-state index contributed by atoms with van der Waals surface area (Å²) in [6, 6.07) is 7.50. The van der Waals surface area contributed by atoms with Crippen molar-refractivity contribution in [2.75, 3.05) is 0 Å². The van der Waals surface area contributed by atoms with Gasteiger partial charge in [-0.1, -0.05) is 18.2 Å². The van der Waals surface area contributed by atoms with Gasteiger partial charge < -0.3 is 5.32 Å². The minimum atomic E-state index is 0.857. The van der Waals surface area contributed by atoms with E-state index in [9.17, 15) is 0 Å². The maximum absolute atomic E-state index is 3.86. The summed E-state index contributed by atoms with van der Waals surface area (Å²) in [6.45, 7) is 5.55. The van der Waals surface area contributed by atoms with Gasteiger partial charge in [-0.25, -0.2) is 0 Å². The molecule has 3 aliphatic rings. The lowest BCUT2D eigenvalue weighted by atomic mass is 10.0. The number of hydrogen-bond donors (Lipinski definition) is 1. The van der Waals surface area contributed by atoms with Crippen molar-refractivity contribution >= 4 is 0 Å². The summed E-state index contributed by atoms with van der Waals surface area (Å²) < 4.78 is 0. The van der Waals surface area contributed by atoms with Crippen LogP contribution in [0.25, 0.3) is 0 Å². The Balaban J connectivity index is 1.43. The maximum Gasteiger partial charge on any atom is 0.0213 e. The molecule has 18 heavy (non-hydrogen) atoms. The number of rotatable bonds is 3. The molecule has 0 saturated heterocycles. The first-order chi connectivity index (χ1) is 8.75. The molecular weight excluding hydrogens is 218 g/mol. The highest BCUT2D eigenvalue weighted by Crippen LogP contribution is 2.65. The summed E-state index contributed by atoms with van der Waals surface area (Å²) in [4.78, 5) is 0. The zero-order chi connectivity index (χ0) is 12.3. The van der Waals surface area contributed by atoms with Gasteiger partial charge in [0.05, 0.1) is 0 Å². The Kier molecular flexibility index (Phi) is 2.35. The van der Waals surface area contributed by atoms with E-state index in [-0.39, 0.29) is 0 Å². The Morgan fingerprint density at radius 3 is 2.28 bits per heavy atom. The van der Waals surface area contributed by atoms with Crippen LogP contribution in [-0.2, 0) is 6.54 Å². The van der Waals surface area contributed by atoms with Crippen LogP contribution in [0.15, 0.2) is 18.2 Å². The van der Waals surface area contributed by atoms with Gasteiger partial charge in [0, 0.05) is 12.6 Å². The van der Waals surface area contributed by atoms with Crippen molar-refractivity contribution in [1.82, 2.24) is 5.32 Å². The van der Waals surface area contributed by atoms with Crippen molar-refractivity contribution < 1.29 is 0 Å². The van der Waals surface area contributed by atoms with E-state index < -0.39 is 0 Å². The number of hydrogen-bond acceptors (Lipinski definition) is 1. The van der Waals surface area contributed by atoms with E-state index in [0.29, 0.717) is 0 Å². The zero-order valence-corrected chi connectivity index (χ0v) is 11.4. The maximum atomic E-state index is 3.86. The largest absolute Gasteiger partial charge is 0.309 e. The van der Waals surface area contributed by atoms with Crippen molar-refractivity contribution in [2.45, 2.75) is 45.7 Å². The third-order valence-electron chi connectivity index (χ3n) is 5.89. The summed E-state index contributed by atoms with van der Waals surface area (Å²) in [5.41, 5.74) is 4.40. The first-order valence-electron chi connectivity index (χ1n) is 7.54. The Labute approximate surface area is 110 Å². The second-order valence-corrected chi connectivity index (χ2v) is 6.76. The smallest absolute Gasteiger partial charge is 0.0213 e. The molecule has 0 spiro atoms.